The zero-order chi connectivity index (χ0) is 11.8. The molecule has 0 aromatic carbocycles. The van der Waals surface area contributed by atoms with Gasteiger partial charge in [0, 0.05) is 25.2 Å². The van der Waals surface area contributed by atoms with Gasteiger partial charge in [0.2, 0.25) is 0 Å². The molecule has 1 heterocycles. The number of hydrogen-bond donors (Lipinski definition) is 3. The Balaban J connectivity index is 2.15. The molecule has 1 aliphatic carbocycles. The summed E-state index contributed by atoms with van der Waals surface area (Å²) < 4.78 is 29.7. The van der Waals surface area contributed by atoms with E-state index < -0.39 is 10.2 Å². The third-order valence-corrected chi connectivity index (χ3v) is 3.47. The smallest absolute Gasteiger partial charge is 0.300 e. The van der Waals surface area contributed by atoms with Gasteiger partial charge in [-0.25, -0.2) is 0 Å². The lowest BCUT2D eigenvalue weighted by Gasteiger charge is -2.10. The maximum atomic E-state index is 11.7. The maximum Gasteiger partial charge on any atom is 0.300 e. The zero-order valence-corrected chi connectivity index (χ0v) is 9.79. The predicted octanol–water partition coefficient (Wildman–Crippen LogP) is -0.712. The molecular weight excluding hydrogens is 230 g/mol. The summed E-state index contributed by atoms with van der Waals surface area (Å²) in [5.74, 6) is 0.413. The third-order valence-electron chi connectivity index (χ3n) is 2.36. The van der Waals surface area contributed by atoms with Gasteiger partial charge >= 0.3 is 10.2 Å². The number of nitrogens with zero attached hydrogens (tertiary/aromatic N) is 2. The molecule has 0 amide bonds. The van der Waals surface area contributed by atoms with E-state index >= 15 is 0 Å². The van der Waals surface area contributed by atoms with Crippen LogP contribution in [0.5, 0.6) is 0 Å². The highest BCUT2D eigenvalue weighted by molar-refractivity contribution is 7.90. The van der Waals surface area contributed by atoms with E-state index in [1.54, 1.807) is 13.2 Å². The maximum absolute atomic E-state index is 11.7. The molecule has 0 atom stereocenters. The van der Waals surface area contributed by atoms with Crippen molar-refractivity contribution in [1.82, 2.24) is 14.5 Å². The number of nitrogens with one attached hydrogen (secondary N) is 2. The molecule has 1 aromatic heterocycles. The average molecular weight is 245 g/mol. The Hall–Kier alpha value is -1.12. The number of nitrogens with two attached hydrogens (primary N) is 1. The number of anilines is 1. The summed E-state index contributed by atoms with van der Waals surface area (Å²) in [6, 6.07) is 0.0760. The van der Waals surface area contributed by atoms with E-state index in [1.165, 1.54) is 4.68 Å². The van der Waals surface area contributed by atoms with Gasteiger partial charge in [-0.2, -0.15) is 18.2 Å². The van der Waals surface area contributed by atoms with Crippen LogP contribution in [0.1, 0.15) is 18.4 Å². The lowest BCUT2D eigenvalue weighted by atomic mass is 10.3. The van der Waals surface area contributed by atoms with E-state index in [2.05, 4.69) is 14.5 Å². The van der Waals surface area contributed by atoms with Gasteiger partial charge in [-0.15, -0.1) is 0 Å². The third kappa shape index (κ3) is 2.52. The molecule has 0 radical (unpaired) electrons. The molecule has 1 aliphatic rings. The number of hydrogen-bond acceptors (Lipinski definition) is 4. The van der Waals surface area contributed by atoms with Crippen molar-refractivity contribution in [3.63, 3.8) is 0 Å². The molecule has 2 rings (SSSR count). The SMILES string of the molecule is Cn1ncc(CN)c1NS(=O)(=O)NC1CC1. The fourth-order valence-corrected chi connectivity index (χ4v) is 2.59. The van der Waals surface area contributed by atoms with Crippen molar-refractivity contribution in [2.24, 2.45) is 12.8 Å². The molecule has 1 fully saturated rings. The van der Waals surface area contributed by atoms with Crippen LogP contribution in [-0.4, -0.2) is 24.2 Å². The Morgan fingerprint density at radius 2 is 2.31 bits per heavy atom. The minimum absolute atomic E-state index is 0.0760. The second-order valence-corrected chi connectivity index (χ2v) is 5.29. The van der Waals surface area contributed by atoms with Gasteiger partial charge in [-0.3, -0.25) is 9.40 Å². The Kier molecular flexibility index (Phi) is 2.87. The Bertz CT molecular complexity index is 477. The van der Waals surface area contributed by atoms with Crippen LogP contribution in [0.15, 0.2) is 6.20 Å². The summed E-state index contributed by atoms with van der Waals surface area (Å²) in [5.41, 5.74) is 6.16. The van der Waals surface area contributed by atoms with Crippen molar-refractivity contribution in [2.75, 3.05) is 4.72 Å². The summed E-state index contributed by atoms with van der Waals surface area (Å²) in [5, 5.41) is 3.95. The Morgan fingerprint density at radius 3 is 2.88 bits per heavy atom. The van der Waals surface area contributed by atoms with Crippen LogP contribution in [0.25, 0.3) is 0 Å². The highest BCUT2D eigenvalue weighted by atomic mass is 32.2. The molecule has 0 unspecified atom stereocenters. The minimum Gasteiger partial charge on any atom is -0.326 e. The first-order valence-electron chi connectivity index (χ1n) is 5.03. The van der Waals surface area contributed by atoms with Gasteiger partial charge in [0.05, 0.1) is 6.20 Å². The second-order valence-electron chi connectivity index (χ2n) is 3.84. The van der Waals surface area contributed by atoms with E-state index in [9.17, 15) is 8.42 Å². The fraction of sp³-hybridized carbons (Fsp3) is 0.625. The van der Waals surface area contributed by atoms with Gasteiger partial charge < -0.3 is 5.73 Å². The topological polar surface area (TPSA) is 102 Å². The number of rotatable bonds is 5. The first-order valence-corrected chi connectivity index (χ1v) is 6.51. The highest BCUT2D eigenvalue weighted by Crippen LogP contribution is 2.21. The van der Waals surface area contributed by atoms with Crippen LogP contribution < -0.4 is 15.2 Å². The van der Waals surface area contributed by atoms with Crippen LogP contribution in [-0.2, 0) is 23.8 Å². The Labute approximate surface area is 94.2 Å². The van der Waals surface area contributed by atoms with Crippen molar-refractivity contribution in [1.29, 1.82) is 0 Å². The van der Waals surface area contributed by atoms with E-state index in [0.717, 1.165) is 12.8 Å². The predicted molar refractivity (Wildman–Crippen MR) is 59.8 cm³/mol. The van der Waals surface area contributed by atoms with E-state index in [1.807, 2.05) is 0 Å². The van der Waals surface area contributed by atoms with Gasteiger partial charge in [-0.1, -0.05) is 0 Å². The van der Waals surface area contributed by atoms with E-state index in [4.69, 9.17) is 5.73 Å². The standard InChI is InChI=1S/C8H15N5O2S/c1-13-8(6(4-9)5-10-13)12-16(14,15)11-7-2-3-7/h5,7,11-12H,2-4,9H2,1H3. The normalized spacial score (nSPS) is 16.4. The van der Waals surface area contributed by atoms with Crippen molar-refractivity contribution >= 4 is 16.0 Å². The fourth-order valence-electron chi connectivity index (χ4n) is 1.34. The molecule has 1 aromatic rings. The quantitative estimate of drug-likeness (QED) is 0.637. The summed E-state index contributed by atoms with van der Waals surface area (Å²) in [6.45, 7) is 0.245. The molecule has 0 bridgehead atoms. The molecule has 4 N–H and O–H groups in total. The van der Waals surface area contributed by atoms with E-state index in [-0.39, 0.29) is 12.6 Å². The molecule has 90 valence electrons. The van der Waals surface area contributed by atoms with Crippen molar-refractivity contribution in [3.05, 3.63) is 11.8 Å². The second kappa shape index (κ2) is 4.04. The number of aryl methyl sites for hydroxylation is 1. The molecule has 0 aliphatic heterocycles. The van der Waals surface area contributed by atoms with Crippen LogP contribution in [0.4, 0.5) is 5.82 Å². The van der Waals surface area contributed by atoms with Crippen molar-refractivity contribution in [3.8, 4) is 0 Å². The van der Waals surface area contributed by atoms with Crippen LogP contribution in [0, 0.1) is 0 Å². The van der Waals surface area contributed by atoms with Gasteiger partial charge in [0.1, 0.15) is 5.82 Å². The van der Waals surface area contributed by atoms with Crippen LogP contribution in [0.2, 0.25) is 0 Å². The van der Waals surface area contributed by atoms with Crippen LogP contribution >= 0.6 is 0 Å². The molecule has 7 nitrogen and oxygen atoms in total. The minimum atomic E-state index is -3.51. The zero-order valence-electron chi connectivity index (χ0n) is 8.97. The molecule has 8 heteroatoms. The van der Waals surface area contributed by atoms with Crippen molar-refractivity contribution < 1.29 is 8.42 Å². The highest BCUT2D eigenvalue weighted by Gasteiger charge is 2.27. The van der Waals surface area contributed by atoms with Gasteiger partial charge in [0.15, 0.2) is 0 Å². The first kappa shape index (κ1) is 11.4. The van der Waals surface area contributed by atoms with Crippen LogP contribution in [0.3, 0.4) is 0 Å². The lowest BCUT2D eigenvalue weighted by Crippen LogP contribution is -2.32. The lowest BCUT2D eigenvalue weighted by molar-refractivity contribution is 0.585. The molecule has 16 heavy (non-hydrogen) atoms. The molecule has 1 saturated carbocycles. The van der Waals surface area contributed by atoms with E-state index in [0.29, 0.717) is 11.4 Å². The van der Waals surface area contributed by atoms with Crippen molar-refractivity contribution in [2.45, 2.75) is 25.4 Å². The molecular formula is C8H15N5O2S. The molecule has 0 saturated heterocycles. The summed E-state index contributed by atoms with van der Waals surface area (Å²) in [4.78, 5) is 0. The summed E-state index contributed by atoms with van der Waals surface area (Å²) >= 11 is 0. The van der Waals surface area contributed by atoms with Gasteiger partial charge in [0.25, 0.3) is 0 Å². The average Bonchev–Trinajstić information content (AvgIpc) is 2.93. The summed E-state index contributed by atoms with van der Waals surface area (Å²) in [7, 11) is -1.85. The molecule has 0 spiro atoms. The largest absolute Gasteiger partial charge is 0.326 e. The Morgan fingerprint density at radius 1 is 1.62 bits per heavy atom. The summed E-state index contributed by atoms with van der Waals surface area (Å²) in [6.07, 6.45) is 3.35. The first-order chi connectivity index (χ1) is 7.52. The van der Waals surface area contributed by atoms with Gasteiger partial charge in [-0.05, 0) is 12.8 Å². The monoisotopic (exact) mass is 245 g/mol. The number of aromatic nitrogens is 2.